The van der Waals surface area contributed by atoms with Crippen LogP contribution in [0.25, 0.3) is 0 Å². The quantitative estimate of drug-likeness (QED) is 0.481. The third kappa shape index (κ3) is 4.09. The molecule has 1 rings (SSSR count). The minimum absolute atomic E-state index is 1.15. The number of benzene rings is 1. The summed E-state index contributed by atoms with van der Waals surface area (Å²) in [5, 5.41) is 0. The zero-order chi connectivity index (χ0) is 11.3. The molecule has 15 heavy (non-hydrogen) atoms. The van der Waals surface area contributed by atoms with E-state index in [1.54, 1.807) is 11.9 Å². The molecule has 0 atom stereocenters. The lowest BCUT2D eigenvalue weighted by molar-refractivity contribution is 1.21. The molecule has 0 heterocycles. The first kappa shape index (κ1) is 12.9. The molecule has 1 N–H and O–H groups in total. The van der Waals surface area contributed by atoms with Gasteiger partial charge in [-0.15, -0.1) is 11.8 Å². The van der Waals surface area contributed by atoms with Crippen LogP contribution in [0.3, 0.4) is 0 Å². The van der Waals surface area contributed by atoms with Gasteiger partial charge in [0.25, 0.3) is 0 Å². The Morgan fingerprint density at radius 1 is 1.00 bits per heavy atom. The van der Waals surface area contributed by atoms with E-state index >= 15 is 0 Å². The third-order valence-corrected chi connectivity index (χ3v) is 4.49. The topological polar surface area (TPSA) is 12.0 Å². The van der Waals surface area contributed by atoms with E-state index in [1.165, 1.54) is 21.6 Å². The fourth-order valence-corrected chi connectivity index (χ4v) is 3.02. The van der Waals surface area contributed by atoms with Crippen molar-refractivity contribution in [2.45, 2.75) is 25.7 Å². The van der Waals surface area contributed by atoms with Crippen LogP contribution >= 0.6 is 23.7 Å². The minimum atomic E-state index is 1.15. The van der Waals surface area contributed by atoms with Crippen molar-refractivity contribution in [2.24, 2.45) is 0 Å². The van der Waals surface area contributed by atoms with Crippen molar-refractivity contribution in [1.29, 1.82) is 0 Å². The number of nitrogens with one attached hydrogen (secondary N) is 1. The highest BCUT2D eigenvalue weighted by Crippen LogP contribution is 2.25. The van der Waals surface area contributed by atoms with Crippen molar-refractivity contribution in [3.63, 3.8) is 0 Å². The Kier molecular flexibility index (Phi) is 5.58. The summed E-state index contributed by atoms with van der Waals surface area (Å²) in [6.07, 6.45) is 0. The van der Waals surface area contributed by atoms with Gasteiger partial charge in [-0.3, -0.25) is 4.72 Å². The molecular formula is C12H19NS2. The number of aryl methyl sites for hydroxylation is 3. The van der Waals surface area contributed by atoms with E-state index in [0.29, 0.717) is 0 Å². The first-order valence-electron chi connectivity index (χ1n) is 5.14. The highest BCUT2D eigenvalue weighted by Gasteiger charge is 2.02. The molecule has 1 aromatic rings. The van der Waals surface area contributed by atoms with Gasteiger partial charge < -0.3 is 0 Å². The second-order valence-electron chi connectivity index (χ2n) is 3.60. The SMILES string of the molecule is CNSCCSc1cc(C)c(C)cc1C. The molecule has 0 aliphatic rings. The zero-order valence-electron chi connectivity index (χ0n) is 9.89. The molecule has 3 heteroatoms. The van der Waals surface area contributed by atoms with E-state index in [4.69, 9.17) is 0 Å². The minimum Gasteiger partial charge on any atom is -0.267 e. The van der Waals surface area contributed by atoms with E-state index in [9.17, 15) is 0 Å². The van der Waals surface area contributed by atoms with E-state index in [2.05, 4.69) is 37.6 Å². The molecule has 0 bridgehead atoms. The zero-order valence-corrected chi connectivity index (χ0v) is 11.5. The molecule has 0 aliphatic carbocycles. The lowest BCUT2D eigenvalue weighted by Gasteiger charge is -2.09. The summed E-state index contributed by atoms with van der Waals surface area (Å²) in [5.41, 5.74) is 4.18. The van der Waals surface area contributed by atoms with Crippen LogP contribution in [0.15, 0.2) is 17.0 Å². The van der Waals surface area contributed by atoms with Crippen molar-refractivity contribution in [3.05, 3.63) is 28.8 Å². The fourth-order valence-electron chi connectivity index (χ4n) is 1.38. The van der Waals surface area contributed by atoms with Crippen LogP contribution in [0.2, 0.25) is 0 Å². The second-order valence-corrected chi connectivity index (χ2v) is 5.84. The Morgan fingerprint density at radius 2 is 1.67 bits per heavy atom. The van der Waals surface area contributed by atoms with Crippen LogP contribution in [0.1, 0.15) is 16.7 Å². The molecule has 1 nitrogen and oxygen atoms in total. The van der Waals surface area contributed by atoms with Crippen molar-refractivity contribution >= 4 is 23.7 Å². The first-order chi connectivity index (χ1) is 7.15. The van der Waals surface area contributed by atoms with Crippen molar-refractivity contribution in [1.82, 2.24) is 4.72 Å². The molecule has 0 saturated heterocycles. The molecule has 0 amide bonds. The van der Waals surface area contributed by atoms with Gasteiger partial charge in [-0.2, -0.15) is 0 Å². The second kappa shape index (κ2) is 6.46. The molecule has 0 aliphatic heterocycles. The van der Waals surface area contributed by atoms with Crippen LogP contribution in [-0.4, -0.2) is 18.6 Å². The van der Waals surface area contributed by atoms with E-state index in [0.717, 1.165) is 11.5 Å². The number of hydrogen-bond acceptors (Lipinski definition) is 3. The summed E-state index contributed by atoms with van der Waals surface area (Å²) in [4.78, 5) is 1.43. The summed E-state index contributed by atoms with van der Waals surface area (Å²) in [7, 11) is 1.97. The van der Waals surface area contributed by atoms with Crippen molar-refractivity contribution in [3.8, 4) is 0 Å². The number of rotatable bonds is 5. The maximum atomic E-state index is 3.09. The summed E-state index contributed by atoms with van der Waals surface area (Å²) in [6.45, 7) is 6.55. The summed E-state index contributed by atoms with van der Waals surface area (Å²) >= 11 is 3.72. The smallest absolute Gasteiger partial charge is 0.0173 e. The molecule has 0 aromatic heterocycles. The molecular weight excluding hydrogens is 222 g/mol. The fraction of sp³-hybridized carbons (Fsp3) is 0.500. The predicted molar refractivity (Wildman–Crippen MR) is 72.9 cm³/mol. The Morgan fingerprint density at radius 3 is 2.33 bits per heavy atom. The maximum absolute atomic E-state index is 3.09. The standard InChI is InChI=1S/C12H19NS2/c1-9-7-11(3)12(8-10(9)2)14-5-6-15-13-4/h7-8,13H,5-6H2,1-4H3. The molecule has 0 unspecified atom stereocenters. The molecule has 84 valence electrons. The molecule has 0 fully saturated rings. The van der Waals surface area contributed by atoms with E-state index < -0.39 is 0 Å². The van der Waals surface area contributed by atoms with Gasteiger partial charge in [0, 0.05) is 16.4 Å². The molecule has 0 radical (unpaired) electrons. The Balaban J connectivity index is 2.57. The predicted octanol–water partition coefficient (Wildman–Crippen LogP) is 3.57. The normalized spacial score (nSPS) is 10.7. The molecule has 1 aromatic carbocycles. The van der Waals surface area contributed by atoms with E-state index in [-0.39, 0.29) is 0 Å². The lowest BCUT2D eigenvalue weighted by Crippen LogP contribution is -1.96. The van der Waals surface area contributed by atoms with E-state index in [1.807, 2.05) is 18.8 Å². The highest BCUT2D eigenvalue weighted by atomic mass is 32.2. The third-order valence-electron chi connectivity index (χ3n) is 2.38. The highest BCUT2D eigenvalue weighted by molar-refractivity contribution is 8.02. The number of hydrogen-bond donors (Lipinski definition) is 1. The van der Waals surface area contributed by atoms with Crippen LogP contribution in [0, 0.1) is 20.8 Å². The van der Waals surface area contributed by atoms with Gasteiger partial charge in [0.1, 0.15) is 0 Å². The van der Waals surface area contributed by atoms with Gasteiger partial charge in [0.2, 0.25) is 0 Å². The van der Waals surface area contributed by atoms with Crippen LogP contribution in [0.4, 0.5) is 0 Å². The van der Waals surface area contributed by atoms with Gasteiger partial charge >= 0.3 is 0 Å². The van der Waals surface area contributed by atoms with Gasteiger partial charge in [-0.1, -0.05) is 18.0 Å². The van der Waals surface area contributed by atoms with Gasteiger partial charge in [-0.05, 0) is 50.6 Å². The summed E-state index contributed by atoms with van der Waals surface area (Å²) in [5.74, 6) is 2.31. The Hall–Kier alpha value is -0.120. The average molecular weight is 241 g/mol. The van der Waals surface area contributed by atoms with Crippen LogP contribution < -0.4 is 4.72 Å². The summed E-state index contributed by atoms with van der Waals surface area (Å²) < 4.78 is 3.09. The van der Waals surface area contributed by atoms with Crippen LogP contribution in [-0.2, 0) is 0 Å². The van der Waals surface area contributed by atoms with Crippen LogP contribution in [0.5, 0.6) is 0 Å². The average Bonchev–Trinajstić information content (AvgIpc) is 2.20. The van der Waals surface area contributed by atoms with Crippen molar-refractivity contribution < 1.29 is 0 Å². The van der Waals surface area contributed by atoms with Gasteiger partial charge in [0.05, 0.1) is 0 Å². The Bertz CT molecular complexity index is 324. The maximum Gasteiger partial charge on any atom is 0.0173 e. The van der Waals surface area contributed by atoms with Gasteiger partial charge in [-0.25, -0.2) is 0 Å². The first-order valence-corrected chi connectivity index (χ1v) is 7.11. The molecule has 0 spiro atoms. The largest absolute Gasteiger partial charge is 0.267 e. The molecule has 0 saturated carbocycles. The monoisotopic (exact) mass is 241 g/mol. The lowest BCUT2D eigenvalue weighted by atomic mass is 10.1. The van der Waals surface area contributed by atoms with Crippen molar-refractivity contribution in [2.75, 3.05) is 18.6 Å². The van der Waals surface area contributed by atoms with Gasteiger partial charge in [0.15, 0.2) is 0 Å². The summed E-state index contributed by atoms with van der Waals surface area (Å²) in [6, 6.07) is 4.59. The number of thioether (sulfide) groups is 1. The Labute approximate surface area is 102 Å².